The van der Waals surface area contributed by atoms with Gasteiger partial charge >= 0.3 is 0 Å². The first-order chi connectivity index (χ1) is 11.0. The van der Waals surface area contributed by atoms with Crippen molar-refractivity contribution in [3.63, 3.8) is 0 Å². The summed E-state index contributed by atoms with van der Waals surface area (Å²) in [5, 5.41) is 11.1. The van der Waals surface area contributed by atoms with Gasteiger partial charge in [0.05, 0.1) is 36.3 Å². The molecule has 1 aliphatic heterocycles. The predicted molar refractivity (Wildman–Crippen MR) is 89.2 cm³/mol. The Labute approximate surface area is 143 Å². The fraction of sp³-hybridized carbons (Fsp3) is 0.312. The van der Waals surface area contributed by atoms with Crippen LogP contribution in [-0.4, -0.2) is 27.7 Å². The molecule has 1 aromatic carbocycles. The molecule has 0 amide bonds. The average Bonchev–Trinajstić information content (AvgIpc) is 2.70. The molecule has 0 unspecified atom stereocenters. The lowest BCUT2D eigenvalue weighted by Gasteiger charge is -2.07. The van der Waals surface area contributed by atoms with Crippen molar-refractivity contribution in [2.45, 2.75) is 20.0 Å². The lowest BCUT2D eigenvalue weighted by atomic mass is 10.1. The molecular weight excluding hydrogens is 339 g/mol. The summed E-state index contributed by atoms with van der Waals surface area (Å²) < 4.78 is 8.27. The molecule has 0 saturated carbocycles. The average molecular weight is 353 g/mol. The molecular formula is C16H14Cl2N2O3. The third kappa shape index (κ3) is 2.74. The van der Waals surface area contributed by atoms with Crippen molar-refractivity contribution in [1.82, 2.24) is 9.36 Å². The summed E-state index contributed by atoms with van der Waals surface area (Å²) in [5.41, 5.74) is 0.746. The molecule has 0 bridgehead atoms. The summed E-state index contributed by atoms with van der Waals surface area (Å²) in [5.74, 6) is 5.48. The van der Waals surface area contributed by atoms with E-state index in [9.17, 15) is 9.90 Å². The Kier molecular flexibility index (Phi) is 4.40. The zero-order valence-corrected chi connectivity index (χ0v) is 13.9. The van der Waals surface area contributed by atoms with E-state index in [-0.39, 0.29) is 27.0 Å². The fourth-order valence-corrected chi connectivity index (χ4v) is 3.35. The number of hydrogen-bond acceptors (Lipinski definition) is 3. The fourth-order valence-electron chi connectivity index (χ4n) is 2.68. The number of benzene rings is 1. The van der Waals surface area contributed by atoms with E-state index in [2.05, 4.69) is 11.8 Å². The third-order valence-corrected chi connectivity index (χ3v) is 4.26. The molecule has 1 N–H and O–H groups in total. The number of halogens is 2. The van der Waals surface area contributed by atoms with Gasteiger partial charge in [0.2, 0.25) is 5.88 Å². The van der Waals surface area contributed by atoms with Crippen LogP contribution in [0.5, 0.6) is 5.88 Å². The topological polar surface area (TPSA) is 56.4 Å². The van der Waals surface area contributed by atoms with Gasteiger partial charge in [0.1, 0.15) is 5.56 Å². The normalized spacial score (nSPS) is 13.9. The van der Waals surface area contributed by atoms with Gasteiger partial charge in [-0.15, -0.1) is 5.92 Å². The van der Waals surface area contributed by atoms with Gasteiger partial charge < -0.3 is 9.84 Å². The van der Waals surface area contributed by atoms with E-state index in [1.165, 1.54) is 9.36 Å². The van der Waals surface area contributed by atoms with Crippen molar-refractivity contribution < 1.29 is 9.84 Å². The summed E-state index contributed by atoms with van der Waals surface area (Å²) >= 11 is 12.6. The smallest absolute Gasteiger partial charge is 0.278 e. The molecule has 3 rings (SSSR count). The van der Waals surface area contributed by atoms with Crippen molar-refractivity contribution >= 4 is 23.2 Å². The minimum atomic E-state index is -0.342. The monoisotopic (exact) mass is 352 g/mol. The minimum Gasteiger partial charge on any atom is -0.493 e. The molecule has 2 aromatic rings. The van der Waals surface area contributed by atoms with E-state index in [1.54, 1.807) is 19.1 Å². The number of aromatic hydroxyl groups is 1. The molecule has 120 valence electrons. The molecule has 0 fully saturated rings. The predicted octanol–water partition coefficient (Wildman–Crippen LogP) is 2.73. The van der Waals surface area contributed by atoms with E-state index < -0.39 is 0 Å². The standard InChI is InChI=1S/C16H14Cl2N2O3/c1-2-3-10-8-11(17)13(12(18)9-10)14-15(21)19-4-6-23-7-5-20(19)16(14)22/h8-9,21H,4-7H2,1H3. The van der Waals surface area contributed by atoms with Crippen molar-refractivity contribution in [2.75, 3.05) is 13.2 Å². The maximum Gasteiger partial charge on any atom is 0.278 e. The Bertz CT molecular complexity index is 864. The number of ether oxygens (including phenoxy) is 1. The highest BCUT2D eigenvalue weighted by Gasteiger charge is 2.25. The number of fused-ring (bicyclic) bond motifs is 1. The van der Waals surface area contributed by atoms with Crippen molar-refractivity contribution in [2.24, 2.45) is 0 Å². The van der Waals surface area contributed by atoms with Crippen LogP contribution in [0.15, 0.2) is 16.9 Å². The first-order valence-corrected chi connectivity index (χ1v) is 7.82. The van der Waals surface area contributed by atoms with Crippen molar-refractivity contribution in [3.05, 3.63) is 38.1 Å². The molecule has 23 heavy (non-hydrogen) atoms. The summed E-state index contributed by atoms with van der Waals surface area (Å²) in [6.07, 6.45) is 0. The second-order valence-electron chi connectivity index (χ2n) is 5.05. The molecule has 7 heteroatoms. The number of nitrogens with zero attached hydrogens (tertiary/aromatic N) is 2. The molecule has 2 heterocycles. The summed E-state index contributed by atoms with van der Waals surface area (Å²) in [4.78, 5) is 12.7. The van der Waals surface area contributed by atoms with Crippen LogP contribution >= 0.6 is 23.2 Å². The highest BCUT2D eigenvalue weighted by molar-refractivity contribution is 6.39. The lowest BCUT2D eigenvalue weighted by Crippen LogP contribution is -2.23. The zero-order chi connectivity index (χ0) is 16.6. The van der Waals surface area contributed by atoms with E-state index in [0.29, 0.717) is 37.4 Å². The number of hydrogen-bond donors (Lipinski definition) is 1. The van der Waals surface area contributed by atoms with Crippen LogP contribution in [0.1, 0.15) is 12.5 Å². The van der Waals surface area contributed by atoms with Gasteiger partial charge in [0.25, 0.3) is 5.56 Å². The highest BCUT2D eigenvalue weighted by atomic mass is 35.5. The molecule has 0 saturated heterocycles. The highest BCUT2D eigenvalue weighted by Crippen LogP contribution is 2.38. The molecule has 1 aromatic heterocycles. The first kappa shape index (κ1) is 16.0. The maximum atomic E-state index is 12.7. The van der Waals surface area contributed by atoms with Crippen LogP contribution < -0.4 is 5.56 Å². The second-order valence-corrected chi connectivity index (χ2v) is 5.87. The first-order valence-electron chi connectivity index (χ1n) is 7.07. The number of aromatic nitrogens is 2. The largest absolute Gasteiger partial charge is 0.493 e. The molecule has 0 spiro atoms. The summed E-state index contributed by atoms with van der Waals surface area (Å²) in [6.45, 7) is 3.29. The second kappa shape index (κ2) is 6.32. The van der Waals surface area contributed by atoms with E-state index in [4.69, 9.17) is 27.9 Å². The van der Waals surface area contributed by atoms with Crippen molar-refractivity contribution in [1.29, 1.82) is 0 Å². The van der Waals surface area contributed by atoms with Crippen LogP contribution in [0.3, 0.4) is 0 Å². The SMILES string of the molecule is CC#Cc1cc(Cl)c(-c2c(O)n3n(c2=O)CCOCC3)c(Cl)c1. The summed E-state index contributed by atoms with van der Waals surface area (Å²) in [7, 11) is 0. The molecule has 1 aliphatic rings. The zero-order valence-electron chi connectivity index (χ0n) is 12.4. The van der Waals surface area contributed by atoms with Gasteiger partial charge in [-0.3, -0.25) is 4.79 Å². The van der Waals surface area contributed by atoms with Crippen LogP contribution in [0, 0.1) is 11.8 Å². The van der Waals surface area contributed by atoms with Crippen LogP contribution in [0.4, 0.5) is 0 Å². The molecule has 0 radical (unpaired) electrons. The van der Waals surface area contributed by atoms with E-state index >= 15 is 0 Å². The Morgan fingerprint density at radius 2 is 1.74 bits per heavy atom. The molecule has 0 aliphatic carbocycles. The van der Waals surface area contributed by atoms with Crippen LogP contribution in [0.2, 0.25) is 10.0 Å². The van der Waals surface area contributed by atoms with Crippen molar-refractivity contribution in [3.8, 4) is 28.8 Å². The van der Waals surface area contributed by atoms with Gasteiger partial charge in [-0.2, -0.15) is 0 Å². The quantitative estimate of drug-likeness (QED) is 0.802. The van der Waals surface area contributed by atoms with Crippen LogP contribution in [-0.2, 0) is 17.8 Å². The van der Waals surface area contributed by atoms with Gasteiger partial charge in [-0.1, -0.05) is 29.1 Å². The Morgan fingerprint density at radius 1 is 1.13 bits per heavy atom. The van der Waals surface area contributed by atoms with E-state index in [0.717, 1.165) is 0 Å². The van der Waals surface area contributed by atoms with E-state index in [1.807, 2.05) is 0 Å². The number of rotatable bonds is 1. The van der Waals surface area contributed by atoms with Gasteiger partial charge in [0.15, 0.2) is 0 Å². The Morgan fingerprint density at radius 3 is 2.35 bits per heavy atom. The Balaban J connectivity index is 2.24. The van der Waals surface area contributed by atoms with Crippen LogP contribution in [0.25, 0.3) is 11.1 Å². The minimum absolute atomic E-state index is 0.109. The van der Waals surface area contributed by atoms with Gasteiger partial charge in [0, 0.05) is 11.1 Å². The van der Waals surface area contributed by atoms with Gasteiger partial charge in [-0.05, 0) is 19.1 Å². The molecule has 5 nitrogen and oxygen atoms in total. The molecule has 0 atom stereocenters. The lowest BCUT2D eigenvalue weighted by molar-refractivity contribution is 0.137. The summed E-state index contributed by atoms with van der Waals surface area (Å²) in [6, 6.07) is 3.27. The van der Waals surface area contributed by atoms with Gasteiger partial charge in [-0.25, -0.2) is 9.36 Å². The maximum absolute atomic E-state index is 12.7. The third-order valence-electron chi connectivity index (χ3n) is 3.66. The Hall–Kier alpha value is -1.87.